The van der Waals surface area contributed by atoms with Crippen molar-refractivity contribution in [2.24, 2.45) is 35.0 Å². The zero-order valence-electron chi connectivity index (χ0n) is 12.7. The minimum atomic E-state index is 0.0301. The third kappa shape index (κ3) is 1.46. The largest absolute Gasteiger partial charge is 0.372 e. The number of unbranched alkanes of at least 4 members (excludes halogenated alkanes) is 1. The average molecular weight is 327 g/mol. The number of alkyl halides is 1. The summed E-state index contributed by atoms with van der Waals surface area (Å²) in [6.07, 6.45) is 6.15. The quantitative estimate of drug-likeness (QED) is 0.684. The van der Waals surface area contributed by atoms with Gasteiger partial charge in [-0.3, -0.25) is 0 Å². The molecular weight excluding hydrogens is 300 g/mol. The molecule has 0 aromatic carbocycles. The Labute approximate surface area is 126 Å². The highest BCUT2D eigenvalue weighted by atomic mass is 79.9. The van der Waals surface area contributed by atoms with Crippen molar-refractivity contribution in [1.82, 2.24) is 0 Å². The Morgan fingerprint density at radius 1 is 1.21 bits per heavy atom. The van der Waals surface area contributed by atoms with Crippen LogP contribution in [0.25, 0.3) is 0 Å². The number of ether oxygens (including phenoxy) is 1. The summed E-state index contributed by atoms with van der Waals surface area (Å²) < 4.78 is 6.40. The summed E-state index contributed by atoms with van der Waals surface area (Å²) >= 11 is 4.11. The lowest BCUT2D eigenvalue weighted by molar-refractivity contribution is -0.0850. The van der Waals surface area contributed by atoms with E-state index in [2.05, 4.69) is 43.6 Å². The number of rotatable bonds is 4. The minimum absolute atomic E-state index is 0.0301. The second-order valence-corrected chi connectivity index (χ2v) is 9.48. The Hall–Kier alpha value is 0.440. The average Bonchev–Trinajstić information content (AvgIpc) is 2.56. The molecule has 0 radical (unpaired) electrons. The van der Waals surface area contributed by atoms with Crippen LogP contribution in [0.2, 0.25) is 0 Å². The van der Waals surface area contributed by atoms with E-state index >= 15 is 0 Å². The Bertz CT molecular complexity index is 397. The fourth-order valence-corrected chi connectivity index (χ4v) is 8.01. The lowest BCUT2D eigenvalue weighted by atomic mass is 9.96. The molecule has 6 bridgehead atoms. The molecule has 0 saturated heterocycles. The molecule has 108 valence electrons. The topological polar surface area (TPSA) is 9.23 Å². The van der Waals surface area contributed by atoms with Crippen LogP contribution in [0.5, 0.6) is 0 Å². The van der Waals surface area contributed by atoms with E-state index < -0.39 is 0 Å². The molecule has 5 fully saturated rings. The molecule has 5 aliphatic rings. The van der Waals surface area contributed by atoms with E-state index in [1.807, 2.05) is 0 Å². The third-order valence-electron chi connectivity index (χ3n) is 6.59. The maximum Gasteiger partial charge on any atom is 0.0619 e. The van der Waals surface area contributed by atoms with Crippen molar-refractivity contribution in [1.29, 1.82) is 0 Å². The molecule has 0 aliphatic heterocycles. The zero-order chi connectivity index (χ0) is 13.6. The lowest BCUT2D eigenvalue weighted by Crippen LogP contribution is -2.32. The molecule has 7 unspecified atom stereocenters. The van der Waals surface area contributed by atoms with Gasteiger partial charge in [0.25, 0.3) is 0 Å². The maximum atomic E-state index is 6.40. The van der Waals surface area contributed by atoms with Crippen molar-refractivity contribution in [2.75, 3.05) is 0 Å². The summed E-state index contributed by atoms with van der Waals surface area (Å²) in [5, 5.41) is 0. The molecule has 0 aromatic rings. The van der Waals surface area contributed by atoms with Gasteiger partial charge in [0.1, 0.15) is 0 Å². The minimum Gasteiger partial charge on any atom is -0.372 e. The highest BCUT2D eigenvalue weighted by molar-refractivity contribution is 9.09. The normalized spacial score (nSPS) is 57.0. The van der Waals surface area contributed by atoms with Crippen molar-refractivity contribution >= 4 is 15.9 Å². The van der Waals surface area contributed by atoms with Gasteiger partial charge in [0.05, 0.1) is 11.7 Å². The highest BCUT2D eigenvalue weighted by Gasteiger charge is 2.88. The SMILES string of the molecule is CCCCC12C(Br)C3C4C[C@H](OC(C)(C)C)C3C1C42. The lowest BCUT2D eigenvalue weighted by Gasteiger charge is -2.30. The molecule has 0 spiro atoms. The molecule has 0 N–H and O–H groups in total. The van der Waals surface area contributed by atoms with Gasteiger partial charge in [-0.2, -0.15) is 0 Å². The molecule has 0 amide bonds. The molecule has 5 saturated carbocycles. The first-order chi connectivity index (χ1) is 8.92. The van der Waals surface area contributed by atoms with Crippen LogP contribution < -0.4 is 0 Å². The molecule has 8 atom stereocenters. The predicted octanol–water partition coefficient (Wildman–Crippen LogP) is 4.64. The van der Waals surface area contributed by atoms with Gasteiger partial charge in [0.2, 0.25) is 0 Å². The first kappa shape index (κ1) is 13.1. The van der Waals surface area contributed by atoms with Crippen LogP contribution >= 0.6 is 15.9 Å². The second kappa shape index (κ2) is 3.80. The summed E-state index contributed by atoms with van der Waals surface area (Å²) in [6, 6.07) is 0. The van der Waals surface area contributed by atoms with Crippen LogP contribution in [-0.4, -0.2) is 16.5 Å². The number of hydrogen-bond acceptors (Lipinski definition) is 1. The summed E-state index contributed by atoms with van der Waals surface area (Å²) in [5.41, 5.74) is 0.730. The highest BCUT2D eigenvalue weighted by Crippen LogP contribution is 2.90. The van der Waals surface area contributed by atoms with Gasteiger partial charge in [-0.05, 0) is 68.6 Å². The molecule has 0 heterocycles. The van der Waals surface area contributed by atoms with Gasteiger partial charge in [-0.1, -0.05) is 35.7 Å². The monoisotopic (exact) mass is 326 g/mol. The summed E-state index contributed by atoms with van der Waals surface area (Å²) in [5.74, 6) is 4.90. The van der Waals surface area contributed by atoms with Gasteiger partial charge in [-0.15, -0.1) is 0 Å². The molecule has 2 heteroatoms. The Balaban J connectivity index is 1.55. The van der Waals surface area contributed by atoms with Gasteiger partial charge in [-0.25, -0.2) is 0 Å². The molecule has 5 aliphatic carbocycles. The van der Waals surface area contributed by atoms with Crippen LogP contribution in [0.15, 0.2) is 0 Å². The van der Waals surface area contributed by atoms with Gasteiger partial charge >= 0.3 is 0 Å². The molecule has 0 aromatic heterocycles. The Kier molecular flexibility index (Phi) is 2.62. The Morgan fingerprint density at radius 3 is 2.53 bits per heavy atom. The van der Waals surface area contributed by atoms with E-state index in [1.54, 1.807) is 0 Å². The molecule has 5 rings (SSSR count). The van der Waals surface area contributed by atoms with E-state index in [0.29, 0.717) is 11.5 Å². The van der Waals surface area contributed by atoms with E-state index in [4.69, 9.17) is 4.74 Å². The maximum absolute atomic E-state index is 6.40. The van der Waals surface area contributed by atoms with Crippen LogP contribution in [-0.2, 0) is 4.74 Å². The van der Waals surface area contributed by atoms with Crippen molar-refractivity contribution in [2.45, 2.75) is 69.9 Å². The standard InChI is InChI=1S/C17H27BrO/c1-5-6-7-17-13-9-8-10(19-16(2,3)4)12(14(13)17)11(9)15(17)18/h9-15H,5-8H2,1-4H3/t9?,10-,11?,12?,13?,14?,15?,17?/m0/s1. The summed E-state index contributed by atoms with van der Waals surface area (Å²) in [6.45, 7) is 8.97. The number of hydrogen-bond donors (Lipinski definition) is 0. The van der Waals surface area contributed by atoms with Crippen LogP contribution in [0.3, 0.4) is 0 Å². The number of halogens is 1. The third-order valence-corrected chi connectivity index (χ3v) is 8.05. The smallest absolute Gasteiger partial charge is 0.0619 e. The van der Waals surface area contributed by atoms with Crippen LogP contribution in [0.1, 0.15) is 53.4 Å². The molecule has 19 heavy (non-hydrogen) atoms. The van der Waals surface area contributed by atoms with Gasteiger partial charge in [0, 0.05) is 4.83 Å². The van der Waals surface area contributed by atoms with E-state index in [1.165, 1.54) is 25.7 Å². The first-order valence-electron chi connectivity index (χ1n) is 8.23. The summed E-state index contributed by atoms with van der Waals surface area (Å²) in [7, 11) is 0. The van der Waals surface area contributed by atoms with Crippen LogP contribution in [0, 0.1) is 35.0 Å². The Morgan fingerprint density at radius 2 is 1.95 bits per heavy atom. The molecule has 1 nitrogen and oxygen atoms in total. The van der Waals surface area contributed by atoms with Crippen molar-refractivity contribution in [3.63, 3.8) is 0 Å². The first-order valence-corrected chi connectivity index (χ1v) is 9.15. The van der Waals surface area contributed by atoms with E-state index in [0.717, 1.165) is 34.4 Å². The zero-order valence-corrected chi connectivity index (χ0v) is 14.2. The predicted molar refractivity (Wildman–Crippen MR) is 81.4 cm³/mol. The van der Waals surface area contributed by atoms with E-state index in [9.17, 15) is 0 Å². The van der Waals surface area contributed by atoms with E-state index in [-0.39, 0.29) is 5.60 Å². The van der Waals surface area contributed by atoms with Gasteiger partial charge < -0.3 is 4.74 Å². The fourth-order valence-electron chi connectivity index (χ4n) is 6.43. The molecular formula is C17H27BrO. The van der Waals surface area contributed by atoms with Crippen LogP contribution in [0.4, 0.5) is 0 Å². The van der Waals surface area contributed by atoms with Crippen molar-refractivity contribution in [3.05, 3.63) is 0 Å². The van der Waals surface area contributed by atoms with Crippen molar-refractivity contribution < 1.29 is 4.74 Å². The van der Waals surface area contributed by atoms with Gasteiger partial charge in [0.15, 0.2) is 0 Å². The fraction of sp³-hybridized carbons (Fsp3) is 1.00. The second-order valence-electron chi connectivity index (χ2n) is 8.49. The van der Waals surface area contributed by atoms with Crippen molar-refractivity contribution in [3.8, 4) is 0 Å². The summed E-state index contributed by atoms with van der Waals surface area (Å²) in [4.78, 5) is 0.810.